The predicted octanol–water partition coefficient (Wildman–Crippen LogP) is 3.47. The molecule has 2 aromatic carbocycles. The lowest BCUT2D eigenvalue weighted by atomic mass is 10.1. The molecule has 7 nitrogen and oxygen atoms in total. The Bertz CT molecular complexity index is 1160. The largest absolute Gasteiger partial charge is 0.348 e. The summed E-state index contributed by atoms with van der Waals surface area (Å²) in [7, 11) is -7.10. The molecule has 10 heteroatoms. The predicted molar refractivity (Wildman–Crippen MR) is 124 cm³/mol. The van der Waals surface area contributed by atoms with Crippen LogP contribution in [0.15, 0.2) is 47.4 Å². The maximum Gasteiger partial charge on any atom is 0.244 e. The van der Waals surface area contributed by atoms with Crippen molar-refractivity contribution in [1.82, 2.24) is 5.32 Å². The van der Waals surface area contributed by atoms with E-state index in [0.29, 0.717) is 16.3 Å². The number of anilines is 1. The second kappa shape index (κ2) is 9.58. The molecular formula is C21H27ClN2O5S2. The van der Waals surface area contributed by atoms with Gasteiger partial charge in [-0.25, -0.2) is 16.8 Å². The number of hydrogen-bond acceptors (Lipinski definition) is 5. The normalized spacial score (nSPS) is 14.0. The maximum atomic E-state index is 13.1. The van der Waals surface area contributed by atoms with Crippen molar-refractivity contribution in [3.05, 3.63) is 58.6 Å². The van der Waals surface area contributed by atoms with Gasteiger partial charge >= 0.3 is 0 Å². The van der Waals surface area contributed by atoms with Crippen LogP contribution < -0.4 is 9.62 Å². The minimum Gasteiger partial charge on any atom is -0.348 e. The molecule has 0 bridgehead atoms. The van der Waals surface area contributed by atoms with Crippen molar-refractivity contribution in [2.24, 2.45) is 0 Å². The van der Waals surface area contributed by atoms with E-state index < -0.39 is 37.9 Å². The number of benzene rings is 2. The Kier molecular flexibility index (Phi) is 7.78. The zero-order valence-electron chi connectivity index (χ0n) is 18.1. The summed E-state index contributed by atoms with van der Waals surface area (Å²) in [6.07, 6.45) is 2.41. The molecule has 170 valence electrons. The van der Waals surface area contributed by atoms with Gasteiger partial charge in [-0.2, -0.15) is 0 Å². The van der Waals surface area contributed by atoms with Gasteiger partial charge in [0.25, 0.3) is 0 Å². The van der Waals surface area contributed by atoms with Crippen molar-refractivity contribution in [3.63, 3.8) is 0 Å². The number of sulfonamides is 1. The molecule has 0 radical (unpaired) electrons. The highest BCUT2D eigenvalue weighted by molar-refractivity contribution is 7.92. The van der Waals surface area contributed by atoms with Crippen LogP contribution in [0, 0.1) is 6.92 Å². The number of halogens is 1. The van der Waals surface area contributed by atoms with Gasteiger partial charge < -0.3 is 5.32 Å². The number of rotatable bonds is 8. The summed E-state index contributed by atoms with van der Waals surface area (Å²) in [5.74, 6) is -0.468. The smallest absolute Gasteiger partial charge is 0.244 e. The van der Waals surface area contributed by atoms with E-state index in [4.69, 9.17) is 11.6 Å². The van der Waals surface area contributed by atoms with E-state index in [1.807, 2.05) is 0 Å². The first-order chi connectivity index (χ1) is 14.3. The molecule has 2 rings (SSSR count). The molecule has 1 amide bonds. The first-order valence-electron chi connectivity index (χ1n) is 9.61. The Labute approximate surface area is 189 Å². The monoisotopic (exact) mass is 486 g/mol. The van der Waals surface area contributed by atoms with Crippen molar-refractivity contribution in [3.8, 4) is 0 Å². The fraction of sp³-hybridized carbons (Fsp3) is 0.381. The second-order valence-corrected chi connectivity index (χ2v) is 11.8. The number of amides is 1. The molecule has 0 unspecified atom stereocenters. The SMILES string of the molecule is CC[C@H](C(=O)N[C@H](C)c1ccc(S(C)(=O)=O)cc1)N(c1ccc(C)c(Cl)c1)S(C)(=O)=O. The standard InChI is InChI=1S/C21H27ClN2O5S2/c1-6-20(24(31(5,28)29)17-10-7-14(2)19(22)13-17)21(25)23-15(3)16-8-11-18(12-9-16)30(4,26)27/h7-13,15,20H,6H2,1-5H3,(H,23,25)/t15-,20-/m1/s1. The topological polar surface area (TPSA) is 101 Å². The van der Waals surface area contributed by atoms with Gasteiger partial charge in [0.05, 0.1) is 22.9 Å². The van der Waals surface area contributed by atoms with Gasteiger partial charge in [0.15, 0.2) is 9.84 Å². The molecular weight excluding hydrogens is 460 g/mol. The third kappa shape index (κ3) is 6.21. The quantitative estimate of drug-likeness (QED) is 0.615. The van der Waals surface area contributed by atoms with E-state index in [-0.39, 0.29) is 11.3 Å². The lowest BCUT2D eigenvalue weighted by Crippen LogP contribution is -2.49. The van der Waals surface area contributed by atoms with Gasteiger partial charge in [-0.1, -0.05) is 36.7 Å². The fourth-order valence-electron chi connectivity index (χ4n) is 3.18. The molecule has 0 saturated carbocycles. The summed E-state index contributed by atoms with van der Waals surface area (Å²) in [6.45, 7) is 5.27. The molecule has 0 spiro atoms. The number of carbonyl (C=O) groups excluding carboxylic acids is 1. The van der Waals surface area contributed by atoms with Crippen LogP contribution in [0.1, 0.15) is 37.4 Å². The highest BCUT2D eigenvalue weighted by Gasteiger charge is 2.32. The Morgan fingerprint density at radius 3 is 2.10 bits per heavy atom. The van der Waals surface area contributed by atoms with Crippen LogP contribution in [-0.4, -0.2) is 41.3 Å². The molecule has 0 aliphatic heterocycles. The van der Waals surface area contributed by atoms with Gasteiger partial charge in [0, 0.05) is 11.3 Å². The number of hydrogen-bond donors (Lipinski definition) is 1. The van der Waals surface area contributed by atoms with Gasteiger partial charge in [-0.15, -0.1) is 0 Å². The summed E-state index contributed by atoms with van der Waals surface area (Å²) in [4.78, 5) is 13.2. The number of sulfone groups is 1. The Morgan fingerprint density at radius 2 is 1.65 bits per heavy atom. The van der Waals surface area contributed by atoms with Crippen molar-refractivity contribution in [2.45, 2.75) is 44.2 Å². The van der Waals surface area contributed by atoms with Crippen LogP contribution in [0.4, 0.5) is 5.69 Å². The zero-order valence-corrected chi connectivity index (χ0v) is 20.5. The minimum absolute atomic E-state index is 0.181. The average Bonchev–Trinajstić information content (AvgIpc) is 2.66. The van der Waals surface area contributed by atoms with Gasteiger partial charge in [0.1, 0.15) is 6.04 Å². The summed E-state index contributed by atoms with van der Waals surface area (Å²) < 4.78 is 49.5. The van der Waals surface area contributed by atoms with E-state index in [9.17, 15) is 21.6 Å². The lowest BCUT2D eigenvalue weighted by Gasteiger charge is -2.31. The molecule has 2 atom stereocenters. The van der Waals surface area contributed by atoms with Crippen LogP contribution >= 0.6 is 11.6 Å². The van der Waals surface area contributed by atoms with E-state index in [1.54, 1.807) is 45.0 Å². The Balaban J connectivity index is 2.32. The average molecular weight is 487 g/mol. The van der Waals surface area contributed by atoms with Crippen LogP contribution in [-0.2, 0) is 24.7 Å². The van der Waals surface area contributed by atoms with Crippen molar-refractivity contribution in [1.29, 1.82) is 0 Å². The fourth-order valence-corrected chi connectivity index (χ4v) is 5.18. The van der Waals surface area contributed by atoms with E-state index in [2.05, 4.69) is 5.32 Å². The number of aryl methyl sites for hydroxylation is 1. The Morgan fingerprint density at radius 1 is 1.06 bits per heavy atom. The molecule has 0 aliphatic carbocycles. The summed E-state index contributed by atoms with van der Waals surface area (Å²) in [6, 6.07) is 9.60. The summed E-state index contributed by atoms with van der Waals surface area (Å²) >= 11 is 6.18. The first kappa shape index (κ1) is 25.2. The minimum atomic E-state index is -3.78. The first-order valence-corrected chi connectivity index (χ1v) is 13.7. The van der Waals surface area contributed by atoms with Crippen molar-refractivity contribution >= 4 is 43.1 Å². The highest BCUT2D eigenvalue weighted by atomic mass is 35.5. The number of carbonyl (C=O) groups is 1. The lowest BCUT2D eigenvalue weighted by molar-refractivity contribution is -0.122. The van der Waals surface area contributed by atoms with Gasteiger partial charge in [-0.3, -0.25) is 9.10 Å². The van der Waals surface area contributed by atoms with Crippen LogP contribution in [0.2, 0.25) is 5.02 Å². The molecule has 1 N–H and O–H groups in total. The third-order valence-electron chi connectivity index (χ3n) is 4.91. The van der Waals surface area contributed by atoms with Crippen LogP contribution in [0.3, 0.4) is 0 Å². The van der Waals surface area contributed by atoms with Crippen LogP contribution in [0.25, 0.3) is 0 Å². The number of nitrogens with one attached hydrogen (secondary N) is 1. The molecule has 0 saturated heterocycles. The summed E-state index contributed by atoms with van der Waals surface area (Å²) in [5.41, 5.74) is 1.80. The molecule has 2 aromatic rings. The molecule has 0 heterocycles. The van der Waals surface area contributed by atoms with E-state index in [1.165, 1.54) is 18.2 Å². The maximum absolute atomic E-state index is 13.1. The second-order valence-electron chi connectivity index (χ2n) is 7.49. The summed E-state index contributed by atoms with van der Waals surface area (Å²) in [5, 5.41) is 3.23. The molecule has 0 fully saturated rings. The molecule has 31 heavy (non-hydrogen) atoms. The highest BCUT2D eigenvalue weighted by Crippen LogP contribution is 2.28. The number of nitrogens with zero attached hydrogens (tertiary/aromatic N) is 1. The van der Waals surface area contributed by atoms with E-state index in [0.717, 1.165) is 22.4 Å². The van der Waals surface area contributed by atoms with Crippen molar-refractivity contribution in [2.75, 3.05) is 16.8 Å². The molecule has 0 aromatic heterocycles. The van der Waals surface area contributed by atoms with Crippen molar-refractivity contribution < 1.29 is 21.6 Å². The Hall–Kier alpha value is -2.10. The third-order valence-corrected chi connectivity index (χ3v) is 7.62. The van der Waals surface area contributed by atoms with Gasteiger partial charge in [0.2, 0.25) is 15.9 Å². The molecule has 0 aliphatic rings. The van der Waals surface area contributed by atoms with E-state index >= 15 is 0 Å². The zero-order chi connectivity index (χ0) is 23.6. The van der Waals surface area contributed by atoms with Crippen LogP contribution in [0.5, 0.6) is 0 Å². The van der Waals surface area contributed by atoms with Gasteiger partial charge in [-0.05, 0) is 55.7 Å².